The Hall–Kier alpha value is -2.65. The SMILES string of the molecule is CC1CC1C(=O)N1CCC2(CC1)CN(c1cccnc1)C2=O.O=C(O)C(F)(F)F. The van der Waals surface area contributed by atoms with E-state index >= 15 is 0 Å². The van der Waals surface area contributed by atoms with Crippen LogP contribution < -0.4 is 4.90 Å². The zero-order chi connectivity index (χ0) is 21.4. The maximum absolute atomic E-state index is 12.6. The van der Waals surface area contributed by atoms with Gasteiger partial charge in [-0.05, 0) is 37.3 Å². The number of amides is 2. The van der Waals surface area contributed by atoms with Crippen LogP contribution in [-0.4, -0.2) is 58.6 Å². The van der Waals surface area contributed by atoms with Crippen LogP contribution in [0.2, 0.25) is 0 Å². The van der Waals surface area contributed by atoms with E-state index in [4.69, 9.17) is 9.90 Å². The second kappa shape index (κ2) is 7.64. The minimum absolute atomic E-state index is 0.201. The molecule has 0 radical (unpaired) electrons. The summed E-state index contributed by atoms with van der Waals surface area (Å²) in [6, 6.07) is 3.77. The van der Waals surface area contributed by atoms with Crippen molar-refractivity contribution < 1.29 is 32.7 Å². The highest BCUT2D eigenvalue weighted by molar-refractivity contribution is 6.04. The van der Waals surface area contributed by atoms with Crippen LogP contribution in [0, 0.1) is 17.3 Å². The van der Waals surface area contributed by atoms with Crippen LogP contribution in [0.5, 0.6) is 0 Å². The Morgan fingerprint density at radius 3 is 2.28 bits per heavy atom. The molecule has 0 aromatic carbocycles. The summed E-state index contributed by atoms with van der Waals surface area (Å²) in [5, 5.41) is 7.12. The molecular weight excluding hydrogens is 391 g/mol. The highest BCUT2D eigenvalue weighted by atomic mass is 19.4. The van der Waals surface area contributed by atoms with Crippen LogP contribution in [-0.2, 0) is 14.4 Å². The molecule has 2 amide bonds. The third kappa shape index (κ3) is 4.35. The van der Waals surface area contributed by atoms with E-state index in [2.05, 4.69) is 11.9 Å². The first-order valence-corrected chi connectivity index (χ1v) is 9.36. The minimum Gasteiger partial charge on any atom is -0.475 e. The second-order valence-electron chi connectivity index (χ2n) is 7.83. The molecule has 2 unspecified atom stereocenters. The number of anilines is 1. The van der Waals surface area contributed by atoms with Gasteiger partial charge in [0.15, 0.2) is 0 Å². The number of carbonyl (C=O) groups is 3. The molecule has 1 N–H and O–H groups in total. The molecular formula is C19H22F3N3O4. The molecule has 1 saturated carbocycles. The lowest BCUT2D eigenvalue weighted by atomic mass is 9.71. The Labute approximate surface area is 165 Å². The number of hydrogen-bond donors (Lipinski definition) is 1. The average molecular weight is 413 g/mol. The molecule has 1 aromatic rings. The van der Waals surface area contributed by atoms with Gasteiger partial charge in [-0.15, -0.1) is 0 Å². The lowest BCUT2D eigenvalue weighted by Crippen LogP contribution is -2.65. The van der Waals surface area contributed by atoms with Gasteiger partial charge in [0.05, 0.1) is 17.3 Å². The monoisotopic (exact) mass is 413 g/mol. The second-order valence-corrected chi connectivity index (χ2v) is 7.83. The number of rotatable bonds is 2. The van der Waals surface area contributed by atoms with E-state index in [-0.39, 0.29) is 17.2 Å². The van der Waals surface area contributed by atoms with Gasteiger partial charge in [-0.25, -0.2) is 4.79 Å². The summed E-state index contributed by atoms with van der Waals surface area (Å²) in [7, 11) is 0. The number of halogens is 3. The molecule has 0 bridgehead atoms. The number of hydrogen-bond acceptors (Lipinski definition) is 4. The van der Waals surface area contributed by atoms with Crippen molar-refractivity contribution in [1.82, 2.24) is 9.88 Å². The number of piperidine rings is 1. The first kappa shape index (κ1) is 21.1. The quantitative estimate of drug-likeness (QED) is 0.752. The fourth-order valence-corrected chi connectivity index (χ4v) is 3.79. The summed E-state index contributed by atoms with van der Waals surface area (Å²) in [6.45, 7) is 4.36. The summed E-state index contributed by atoms with van der Waals surface area (Å²) >= 11 is 0. The zero-order valence-corrected chi connectivity index (χ0v) is 15.9. The van der Waals surface area contributed by atoms with Gasteiger partial charge < -0.3 is 14.9 Å². The van der Waals surface area contributed by atoms with E-state index in [0.29, 0.717) is 11.8 Å². The summed E-state index contributed by atoms with van der Waals surface area (Å²) < 4.78 is 31.7. The molecule has 2 aliphatic heterocycles. The van der Waals surface area contributed by atoms with Crippen LogP contribution in [0.25, 0.3) is 0 Å². The Morgan fingerprint density at radius 2 is 1.86 bits per heavy atom. The summed E-state index contributed by atoms with van der Waals surface area (Å²) in [6.07, 6.45) is 1.00. The highest BCUT2D eigenvalue weighted by Gasteiger charge is 2.54. The molecule has 1 spiro atoms. The maximum Gasteiger partial charge on any atom is 0.490 e. The Kier molecular flexibility index (Phi) is 5.55. The van der Waals surface area contributed by atoms with Gasteiger partial charge in [0, 0.05) is 31.7 Å². The summed E-state index contributed by atoms with van der Waals surface area (Å²) in [4.78, 5) is 41.6. The van der Waals surface area contributed by atoms with E-state index < -0.39 is 12.1 Å². The van der Waals surface area contributed by atoms with Gasteiger partial charge in [0.1, 0.15) is 0 Å². The molecule has 1 aromatic heterocycles. The van der Waals surface area contributed by atoms with Crippen molar-refractivity contribution in [3.63, 3.8) is 0 Å². The van der Waals surface area contributed by atoms with E-state index in [1.807, 2.05) is 21.9 Å². The van der Waals surface area contributed by atoms with Gasteiger partial charge >= 0.3 is 12.1 Å². The third-order valence-electron chi connectivity index (χ3n) is 5.82. The molecule has 7 nitrogen and oxygen atoms in total. The van der Waals surface area contributed by atoms with Gasteiger partial charge in [-0.2, -0.15) is 13.2 Å². The molecule has 3 aliphatic rings. The Morgan fingerprint density at radius 1 is 1.28 bits per heavy atom. The molecule has 3 fully saturated rings. The number of aliphatic carboxylic acids is 1. The number of β-lactam (4-membered cyclic amide) rings is 1. The van der Waals surface area contributed by atoms with Crippen LogP contribution >= 0.6 is 0 Å². The molecule has 4 rings (SSSR count). The largest absolute Gasteiger partial charge is 0.490 e. The van der Waals surface area contributed by atoms with Crippen molar-refractivity contribution in [2.24, 2.45) is 17.3 Å². The van der Waals surface area contributed by atoms with Gasteiger partial charge in [0.2, 0.25) is 11.8 Å². The first-order chi connectivity index (χ1) is 13.5. The number of carboxylic acid groups (broad SMARTS) is 1. The van der Waals surface area contributed by atoms with Gasteiger partial charge in [-0.3, -0.25) is 14.6 Å². The molecule has 3 heterocycles. The predicted molar refractivity (Wildman–Crippen MR) is 95.8 cm³/mol. The number of carbonyl (C=O) groups excluding carboxylic acids is 2. The van der Waals surface area contributed by atoms with Crippen molar-refractivity contribution in [2.75, 3.05) is 24.5 Å². The standard InChI is InChI=1S/C17H21N3O2.C2HF3O2/c1-12-9-14(12)15(21)19-7-4-17(5-8-19)11-20(16(17)22)13-3-2-6-18-10-13;3-2(4,5)1(6)7/h2-3,6,10,12,14H,4-5,7-9,11H2,1H3;(H,6,7). The number of carboxylic acids is 1. The van der Waals surface area contributed by atoms with Crippen molar-refractivity contribution in [3.05, 3.63) is 24.5 Å². The van der Waals surface area contributed by atoms with Gasteiger partial charge in [0.25, 0.3) is 0 Å². The highest BCUT2D eigenvalue weighted by Crippen LogP contribution is 2.45. The van der Waals surface area contributed by atoms with Crippen LogP contribution in [0.15, 0.2) is 24.5 Å². The third-order valence-corrected chi connectivity index (χ3v) is 5.82. The van der Waals surface area contributed by atoms with Crippen LogP contribution in [0.4, 0.5) is 18.9 Å². The Bertz CT molecular complexity index is 792. The summed E-state index contributed by atoms with van der Waals surface area (Å²) in [5.41, 5.74) is 0.644. The molecule has 10 heteroatoms. The first-order valence-electron chi connectivity index (χ1n) is 9.36. The number of likely N-dealkylation sites (tertiary alicyclic amines) is 1. The van der Waals surface area contributed by atoms with Gasteiger partial charge in [-0.1, -0.05) is 6.92 Å². The van der Waals surface area contributed by atoms with E-state index in [9.17, 15) is 22.8 Å². The predicted octanol–water partition coefficient (Wildman–Crippen LogP) is 2.33. The fraction of sp³-hybridized carbons (Fsp3) is 0.579. The normalized spacial score (nSPS) is 25.0. The average Bonchev–Trinajstić information content (AvgIpc) is 3.42. The summed E-state index contributed by atoms with van der Waals surface area (Å²) in [5.74, 6) is -1.45. The smallest absolute Gasteiger partial charge is 0.475 e. The van der Waals surface area contributed by atoms with Crippen LogP contribution in [0.1, 0.15) is 26.2 Å². The van der Waals surface area contributed by atoms with E-state index in [1.54, 1.807) is 12.4 Å². The van der Waals surface area contributed by atoms with Crippen LogP contribution in [0.3, 0.4) is 0 Å². The molecule has 2 saturated heterocycles. The van der Waals surface area contributed by atoms with E-state index in [0.717, 1.165) is 44.6 Å². The van der Waals surface area contributed by atoms with Crippen molar-refractivity contribution in [2.45, 2.75) is 32.4 Å². The molecule has 1 aliphatic carbocycles. The maximum atomic E-state index is 12.6. The number of nitrogens with zero attached hydrogens (tertiary/aromatic N) is 3. The fourth-order valence-electron chi connectivity index (χ4n) is 3.79. The van der Waals surface area contributed by atoms with E-state index in [1.165, 1.54) is 0 Å². The Balaban J connectivity index is 0.000000298. The minimum atomic E-state index is -5.08. The van der Waals surface area contributed by atoms with Crippen molar-refractivity contribution >= 4 is 23.5 Å². The molecule has 158 valence electrons. The molecule has 2 atom stereocenters. The number of alkyl halides is 3. The zero-order valence-electron chi connectivity index (χ0n) is 15.9. The number of aromatic nitrogens is 1. The van der Waals surface area contributed by atoms with Crippen molar-refractivity contribution in [1.29, 1.82) is 0 Å². The lowest BCUT2D eigenvalue weighted by Gasteiger charge is -2.52. The topological polar surface area (TPSA) is 90.8 Å². The lowest BCUT2D eigenvalue weighted by molar-refractivity contribution is -0.192. The molecule has 29 heavy (non-hydrogen) atoms. The van der Waals surface area contributed by atoms with Crippen molar-refractivity contribution in [3.8, 4) is 0 Å². The number of pyridine rings is 1.